The maximum Gasteiger partial charge on any atom is 0.166 e. The monoisotopic (exact) mass is 307 g/mol. The molecule has 0 spiro atoms. The second-order valence-electron chi connectivity index (χ2n) is 4.75. The van der Waals surface area contributed by atoms with Crippen molar-refractivity contribution in [1.29, 1.82) is 0 Å². The highest BCUT2D eigenvalue weighted by Gasteiger charge is 2.08. The van der Waals surface area contributed by atoms with Crippen LogP contribution >= 0.6 is 11.6 Å². The highest BCUT2D eigenvalue weighted by Crippen LogP contribution is 2.28. The van der Waals surface area contributed by atoms with Gasteiger partial charge >= 0.3 is 0 Å². The molecule has 0 aliphatic carbocycles. The van der Waals surface area contributed by atoms with Gasteiger partial charge in [-0.2, -0.15) is 0 Å². The van der Waals surface area contributed by atoms with E-state index in [4.69, 9.17) is 16.3 Å². The highest BCUT2D eigenvalue weighted by molar-refractivity contribution is 6.31. The van der Waals surface area contributed by atoms with Crippen LogP contribution in [0.4, 0.5) is 4.39 Å². The number of aryl methyl sites for hydroxylation is 1. The maximum atomic E-state index is 14.0. The number of hydrogen-bond acceptors (Lipinski definition) is 2. The summed E-state index contributed by atoms with van der Waals surface area (Å²) in [5.74, 6) is 0.451. The fourth-order valence-electron chi connectivity index (χ4n) is 2.02. The normalized spacial score (nSPS) is 10.7. The first-order valence-corrected chi connectivity index (χ1v) is 7.47. The number of benzene rings is 2. The summed E-state index contributed by atoms with van der Waals surface area (Å²) in [6, 6.07) is 10.4. The van der Waals surface area contributed by atoms with E-state index in [0.29, 0.717) is 17.3 Å². The number of halogens is 2. The minimum absolute atomic E-state index is 0.222. The zero-order valence-electron chi connectivity index (χ0n) is 12.2. The van der Waals surface area contributed by atoms with Crippen molar-refractivity contribution in [3.63, 3.8) is 0 Å². The first kappa shape index (κ1) is 15.8. The van der Waals surface area contributed by atoms with Gasteiger partial charge < -0.3 is 10.1 Å². The fourth-order valence-corrected chi connectivity index (χ4v) is 2.27. The third kappa shape index (κ3) is 4.19. The van der Waals surface area contributed by atoms with E-state index in [9.17, 15) is 4.39 Å². The quantitative estimate of drug-likeness (QED) is 0.816. The predicted octanol–water partition coefficient (Wildman–Crippen LogP) is 4.94. The molecule has 0 saturated heterocycles. The van der Waals surface area contributed by atoms with Gasteiger partial charge in [-0.05, 0) is 54.4 Å². The van der Waals surface area contributed by atoms with Crippen molar-refractivity contribution in [3.05, 3.63) is 58.4 Å². The summed E-state index contributed by atoms with van der Waals surface area (Å²) in [4.78, 5) is 0. The number of ether oxygens (including phenoxy) is 1. The Bertz CT molecular complexity index is 616. The molecule has 2 aromatic carbocycles. The molecule has 0 heterocycles. The molecule has 0 aliphatic heterocycles. The largest absolute Gasteiger partial charge is 0.454 e. The van der Waals surface area contributed by atoms with Crippen molar-refractivity contribution >= 4 is 11.6 Å². The molecule has 0 aliphatic rings. The molecule has 0 aromatic heterocycles. The van der Waals surface area contributed by atoms with Gasteiger partial charge in [-0.15, -0.1) is 0 Å². The van der Waals surface area contributed by atoms with Crippen LogP contribution in [0.15, 0.2) is 36.4 Å². The molecule has 2 nitrogen and oxygen atoms in total. The molecule has 0 amide bonds. The van der Waals surface area contributed by atoms with Gasteiger partial charge in [0.2, 0.25) is 0 Å². The summed E-state index contributed by atoms with van der Waals surface area (Å²) in [5.41, 5.74) is 1.88. The third-order valence-electron chi connectivity index (χ3n) is 3.20. The Morgan fingerprint density at radius 2 is 1.95 bits per heavy atom. The molecule has 0 radical (unpaired) electrons. The molecular formula is C17H19ClFNO. The lowest BCUT2D eigenvalue weighted by atomic mass is 10.1. The van der Waals surface area contributed by atoms with Crippen molar-refractivity contribution in [2.24, 2.45) is 0 Å². The van der Waals surface area contributed by atoms with Crippen LogP contribution in [0.3, 0.4) is 0 Å². The van der Waals surface area contributed by atoms with Gasteiger partial charge in [0.05, 0.1) is 0 Å². The van der Waals surface area contributed by atoms with Crippen LogP contribution in [0.2, 0.25) is 5.02 Å². The van der Waals surface area contributed by atoms with Gasteiger partial charge in [0.15, 0.2) is 11.6 Å². The summed E-state index contributed by atoms with van der Waals surface area (Å²) in [6.45, 7) is 5.53. The molecule has 1 N–H and O–H groups in total. The van der Waals surface area contributed by atoms with Crippen molar-refractivity contribution < 1.29 is 9.13 Å². The molecule has 112 valence electrons. The molecular weight excluding hydrogens is 289 g/mol. The summed E-state index contributed by atoms with van der Waals surface area (Å²) in [6.07, 6.45) is 0.806. The Kier molecular flexibility index (Phi) is 5.59. The van der Waals surface area contributed by atoms with Crippen LogP contribution < -0.4 is 10.1 Å². The van der Waals surface area contributed by atoms with E-state index < -0.39 is 0 Å². The van der Waals surface area contributed by atoms with Gasteiger partial charge in [-0.3, -0.25) is 0 Å². The Morgan fingerprint density at radius 1 is 1.14 bits per heavy atom. The maximum absolute atomic E-state index is 14.0. The lowest BCUT2D eigenvalue weighted by Crippen LogP contribution is -2.11. The standard InChI is InChI=1S/C17H19ClFNO/c1-3-13-10-14(6-7-15(13)18)21-17-8-5-12(9-16(17)19)11-20-4-2/h5-10,20H,3-4,11H2,1-2H3. The molecule has 0 unspecified atom stereocenters. The van der Waals surface area contributed by atoms with E-state index in [2.05, 4.69) is 5.32 Å². The van der Waals surface area contributed by atoms with Crippen LogP contribution in [-0.2, 0) is 13.0 Å². The molecule has 4 heteroatoms. The minimum atomic E-state index is -0.363. The summed E-state index contributed by atoms with van der Waals surface area (Å²) < 4.78 is 19.7. The van der Waals surface area contributed by atoms with E-state index >= 15 is 0 Å². The van der Waals surface area contributed by atoms with Crippen LogP contribution in [0.5, 0.6) is 11.5 Å². The average molecular weight is 308 g/mol. The lowest BCUT2D eigenvalue weighted by Gasteiger charge is -2.10. The van der Waals surface area contributed by atoms with Gasteiger partial charge in [0.1, 0.15) is 5.75 Å². The van der Waals surface area contributed by atoms with E-state index in [1.807, 2.05) is 26.0 Å². The third-order valence-corrected chi connectivity index (χ3v) is 3.57. The first-order chi connectivity index (χ1) is 10.1. The van der Waals surface area contributed by atoms with Crippen LogP contribution in [-0.4, -0.2) is 6.54 Å². The van der Waals surface area contributed by atoms with Crippen molar-refractivity contribution in [1.82, 2.24) is 5.32 Å². The van der Waals surface area contributed by atoms with Gasteiger partial charge in [0.25, 0.3) is 0 Å². The first-order valence-electron chi connectivity index (χ1n) is 7.09. The number of nitrogens with one attached hydrogen (secondary N) is 1. The van der Waals surface area contributed by atoms with Crippen LogP contribution in [0, 0.1) is 5.82 Å². The van der Waals surface area contributed by atoms with E-state index in [1.165, 1.54) is 6.07 Å². The second kappa shape index (κ2) is 7.43. The van der Waals surface area contributed by atoms with Crippen molar-refractivity contribution in [2.75, 3.05) is 6.54 Å². The van der Waals surface area contributed by atoms with Gasteiger partial charge in [0, 0.05) is 11.6 Å². The van der Waals surface area contributed by atoms with E-state index in [-0.39, 0.29) is 11.6 Å². The second-order valence-corrected chi connectivity index (χ2v) is 5.16. The molecule has 0 fully saturated rings. The van der Waals surface area contributed by atoms with Crippen molar-refractivity contribution in [2.45, 2.75) is 26.8 Å². The SMILES string of the molecule is CCNCc1ccc(Oc2ccc(Cl)c(CC)c2)c(F)c1. The molecule has 21 heavy (non-hydrogen) atoms. The topological polar surface area (TPSA) is 21.3 Å². The number of rotatable bonds is 6. The molecule has 0 atom stereocenters. The summed E-state index contributed by atoms with van der Waals surface area (Å²) >= 11 is 6.06. The number of hydrogen-bond donors (Lipinski definition) is 1. The highest BCUT2D eigenvalue weighted by atomic mass is 35.5. The lowest BCUT2D eigenvalue weighted by molar-refractivity contribution is 0.441. The fraction of sp³-hybridized carbons (Fsp3) is 0.294. The average Bonchev–Trinajstić information content (AvgIpc) is 2.49. The van der Waals surface area contributed by atoms with Crippen LogP contribution in [0.25, 0.3) is 0 Å². The van der Waals surface area contributed by atoms with Gasteiger partial charge in [-0.1, -0.05) is 31.5 Å². The molecule has 0 bridgehead atoms. The Balaban J connectivity index is 2.16. The van der Waals surface area contributed by atoms with Crippen molar-refractivity contribution in [3.8, 4) is 11.5 Å². The molecule has 0 saturated carbocycles. The summed E-state index contributed by atoms with van der Waals surface area (Å²) in [7, 11) is 0. The Hall–Kier alpha value is -1.58. The van der Waals surface area contributed by atoms with E-state index in [0.717, 1.165) is 24.1 Å². The zero-order valence-corrected chi connectivity index (χ0v) is 13.0. The smallest absolute Gasteiger partial charge is 0.166 e. The predicted molar refractivity (Wildman–Crippen MR) is 84.7 cm³/mol. The minimum Gasteiger partial charge on any atom is -0.454 e. The molecule has 2 aromatic rings. The van der Waals surface area contributed by atoms with Gasteiger partial charge in [-0.25, -0.2) is 4.39 Å². The van der Waals surface area contributed by atoms with E-state index in [1.54, 1.807) is 18.2 Å². The van der Waals surface area contributed by atoms with Crippen LogP contribution in [0.1, 0.15) is 25.0 Å². The zero-order chi connectivity index (χ0) is 15.2. The summed E-state index contributed by atoms with van der Waals surface area (Å²) in [5, 5.41) is 3.86. The Morgan fingerprint density at radius 3 is 2.62 bits per heavy atom. The Labute approximate surface area is 129 Å². The molecule has 2 rings (SSSR count).